The zero-order valence-electron chi connectivity index (χ0n) is 20.0. The predicted octanol–water partition coefficient (Wildman–Crippen LogP) is 8.15. The summed E-state index contributed by atoms with van der Waals surface area (Å²) in [5.41, 5.74) is 1.11. The molecule has 0 spiro atoms. The highest BCUT2D eigenvalue weighted by atomic mass is 79.9. The molecule has 2 fully saturated rings. The highest BCUT2D eigenvalue weighted by molar-refractivity contribution is 9.09. The zero-order chi connectivity index (χ0) is 21.9. The molecule has 0 radical (unpaired) electrons. The molecule has 2 saturated carbocycles. The van der Waals surface area contributed by atoms with Gasteiger partial charge >= 0.3 is 0 Å². The maximum atomic E-state index is 5.62. The van der Waals surface area contributed by atoms with Crippen LogP contribution in [0.3, 0.4) is 0 Å². The van der Waals surface area contributed by atoms with E-state index in [0.717, 1.165) is 60.1 Å². The van der Waals surface area contributed by atoms with Gasteiger partial charge in [-0.3, -0.25) is 0 Å². The van der Waals surface area contributed by atoms with E-state index >= 15 is 0 Å². The molecule has 1 heterocycles. The van der Waals surface area contributed by atoms with E-state index in [-0.39, 0.29) is 0 Å². The van der Waals surface area contributed by atoms with Gasteiger partial charge in [0.25, 0.3) is 0 Å². The normalized spacial score (nSPS) is 27.7. The van der Waals surface area contributed by atoms with E-state index in [2.05, 4.69) is 46.0 Å². The number of aromatic nitrogens is 2. The van der Waals surface area contributed by atoms with Crippen molar-refractivity contribution in [2.75, 3.05) is 6.61 Å². The Morgan fingerprint density at radius 2 is 1.55 bits per heavy atom. The number of hydrogen-bond acceptors (Lipinski definition) is 3. The van der Waals surface area contributed by atoms with Crippen LogP contribution < -0.4 is 4.74 Å². The van der Waals surface area contributed by atoms with Crippen molar-refractivity contribution >= 4 is 15.9 Å². The van der Waals surface area contributed by atoms with E-state index in [9.17, 15) is 0 Å². The van der Waals surface area contributed by atoms with Crippen LogP contribution in [-0.2, 0) is 6.42 Å². The molecule has 31 heavy (non-hydrogen) atoms. The summed E-state index contributed by atoms with van der Waals surface area (Å²) in [5.74, 6) is 4.43. The van der Waals surface area contributed by atoms with Gasteiger partial charge in [0, 0.05) is 10.9 Å². The van der Waals surface area contributed by atoms with Crippen LogP contribution in [0, 0.1) is 23.7 Å². The predicted molar refractivity (Wildman–Crippen MR) is 134 cm³/mol. The van der Waals surface area contributed by atoms with Crippen molar-refractivity contribution in [2.45, 2.75) is 115 Å². The first-order valence-electron chi connectivity index (χ1n) is 13.3. The van der Waals surface area contributed by atoms with Gasteiger partial charge in [0.2, 0.25) is 5.88 Å². The number of aryl methyl sites for hydroxylation is 1. The summed E-state index contributed by atoms with van der Waals surface area (Å²) in [7, 11) is 0. The van der Waals surface area contributed by atoms with Crippen LogP contribution in [0.15, 0.2) is 12.1 Å². The third kappa shape index (κ3) is 8.67. The van der Waals surface area contributed by atoms with E-state index in [1.807, 2.05) is 6.07 Å². The highest BCUT2D eigenvalue weighted by Gasteiger charge is 2.29. The fourth-order valence-corrected chi connectivity index (χ4v) is 6.80. The molecule has 1 atom stereocenters. The summed E-state index contributed by atoms with van der Waals surface area (Å²) in [4.78, 5) is 0.755. The van der Waals surface area contributed by atoms with Gasteiger partial charge in [0.1, 0.15) is 0 Å². The first-order chi connectivity index (χ1) is 15.2. The van der Waals surface area contributed by atoms with Gasteiger partial charge in [0.05, 0.1) is 12.3 Å². The Morgan fingerprint density at radius 1 is 0.871 bits per heavy atom. The van der Waals surface area contributed by atoms with Gasteiger partial charge in [-0.15, -0.1) is 5.10 Å². The SMILES string of the molecule is CCCCOc1ccc(CC[C@H]2CC[C@H](CC(Br)[C@H]3CC[C@H](CCC)CC3)CC2)nn1. The van der Waals surface area contributed by atoms with Crippen LogP contribution in [-0.4, -0.2) is 21.6 Å². The lowest BCUT2D eigenvalue weighted by Gasteiger charge is -2.35. The summed E-state index contributed by atoms with van der Waals surface area (Å²) < 4.78 is 5.62. The molecule has 3 nitrogen and oxygen atoms in total. The topological polar surface area (TPSA) is 35.0 Å². The quantitative estimate of drug-likeness (QED) is 0.218. The molecule has 0 saturated heterocycles. The molecule has 2 aliphatic rings. The summed E-state index contributed by atoms with van der Waals surface area (Å²) in [6.07, 6.45) is 20.3. The molecule has 2 aliphatic carbocycles. The molecule has 0 aromatic carbocycles. The average molecular weight is 494 g/mol. The van der Waals surface area contributed by atoms with Crippen LogP contribution in [0.1, 0.15) is 109 Å². The van der Waals surface area contributed by atoms with Crippen LogP contribution in [0.5, 0.6) is 5.88 Å². The average Bonchev–Trinajstić information content (AvgIpc) is 2.80. The van der Waals surface area contributed by atoms with E-state index in [0.29, 0.717) is 5.88 Å². The summed E-state index contributed by atoms with van der Waals surface area (Å²) in [5, 5.41) is 8.62. The smallest absolute Gasteiger partial charge is 0.233 e. The molecular formula is C27H45BrN2O. The summed E-state index contributed by atoms with van der Waals surface area (Å²) in [6, 6.07) is 4.09. The van der Waals surface area contributed by atoms with Gasteiger partial charge in [-0.2, -0.15) is 5.10 Å². The molecule has 0 aliphatic heterocycles. The van der Waals surface area contributed by atoms with Crippen LogP contribution in [0.25, 0.3) is 0 Å². The minimum Gasteiger partial charge on any atom is -0.477 e. The Morgan fingerprint density at radius 3 is 2.19 bits per heavy atom. The number of alkyl halides is 1. The second-order valence-electron chi connectivity index (χ2n) is 10.3. The Bertz CT molecular complexity index is 592. The third-order valence-electron chi connectivity index (χ3n) is 7.88. The van der Waals surface area contributed by atoms with Crippen molar-refractivity contribution in [3.63, 3.8) is 0 Å². The Labute approximate surface area is 199 Å². The lowest BCUT2D eigenvalue weighted by Crippen LogP contribution is -2.25. The summed E-state index contributed by atoms with van der Waals surface area (Å²) in [6.45, 7) is 5.25. The van der Waals surface area contributed by atoms with Gasteiger partial charge in [-0.1, -0.05) is 87.6 Å². The maximum absolute atomic E-state index is 5.62. The monoisotopic (exact) mass is 492 g/mol. The highest BCUT2D eigenvalue weighted by Crippen LogP contribution is 2.41. The van der Waals surface area contributed by atoms with Crippen molar-refractivity contribution in [3.8, 4) is 5.88 Å². The third-order valence-corrected chi connectivity index (χ3v) is 9.00. The molecule has 0 amide bonds. The van der Waals surface area contributed by atoms with Crippen LogP contribution in [0.2, 0.25) is 0 Å². The van der Waals surface area contributed by atoms with Crippen molar-refractivity contribution < 1.29 is 4.74 Å². The van der Waals surface area contributed by atoms with E-state index in [4.69, 9.17) is 4.74 Å². The van der Waals surface area contributed by atoms with Crippen LogP contribution >= 0.6 is 15.9 Å². The van der Waals surface area contributed by atoms with Gasteiger partial charge in [-0.05, 0) is 68.3 Å². The molecule has 0 N–H and O–H groups in total. The minimum absolute atomic E-state index is 0.667. The van der Waals surface area contributed by atoms with Gasteiger partial charge < -0.3 is 4.74 Å². The maximum Gasteiger partial charge on any atom is 0.233 e. The first-order valence-corrected chi connectivity index (χ1v) is 14.2. The Hall–Kier alpha value is -0.640. The minimum atomic E-state index is 0.667. The van der Waals surface area contributed by atoms with Gasteiger partial charge in [0.15, 0.2) is 0 Å². The van der Waals surface area contributed by atoms with E-state index in [1.165, 1.54) is 77.0 Å². The van der Waals surface area contributed by atoms with Crippen LogP contribution in [0.4, 0.5) is 0 Å². The van der Waals surface area contributed by atoms with Crippen molar-refractivity contribution in [2.24, 2.45) is 23.7 Å². The molecule has 3 rings (SSSR count). The number of rotatable bonds is 12. The first kappa shape index (κ1) is 25.0. The molecule has 0 bridgehead atoms. The standard InChI is InChI=1S/C27H45BrN2O/c1-3-5-19-31-27-18-17-25(29-30-27)16-13-22-7-9-23(10-8-22)20-26(28)24-14-11-21(6-4-2)12-15-24/h17-18,21-24,26H,3-16,19-20H2,1-2H3/t21-,22-,23-,24-,26?. The number of unbranched alkanes of at least 4 members (excludes halogenated alkanes) is 1. The molecular weight excluding hydrogens is 448 g/mol. The lowest BCUT2D eigenvalue weighted by molar-refractivity contribution is 0.216. The van der Waals surface area contributed by atoms with Gasteiger partial charge in [-0.25, -0.2) is 0 Å². The molecule has 1 aromatic rings. The lowest BCUT2D eigenvalue weighted by atomic mass is 9.74. The number of ether oxygens (including phenoxy) is 1. The molecule has 1 aromatic heterocycles. The molecule has 1 unspecified atom stereocenters. The van der Waals surface area contributed by atoms with Crippen molar-refractivity contribution in [1.29, 1.82) is 0 Å². The molecule has 4 heteroatoms. The fourth-order valence-electron chi connectivity index (χ4n) is 5.74. The largest absolute Gasteiger partial charge is 0.477 e. The van der Waals surface area contributed by atoms with Crippen molar-refractivity contribution in [1.82, 2.24) is 10.2 Å². The number of hydrogen-bond donors (Lipinski definition) is 0. The number of halogens is 1. The van der Waals surface area contributed by atoms with E-state index in [1.54, 1.807) is 0 Å². The Balaban J connectivity index is 1.30. The fraction of sp³-hybridized carbons (Fsp3) is 0.852. The number of nitrogens with zero attached hydrogens (tertiary/aromatic N) is 2. The van der Waals surface area contributed by atoms with E-state index < -0.39 is 0 Å². The molecule has 176 valence electrons. The second kappa shape index (κ2) is 13.8. The Kier molecular flexibility index (Phi) is 11.1. The zero-order valence-corrected chi connectivity index (χ0v) is 21.6. The summed E-state index contributed by atoms with van der Waals surface area (Å²) >= 11 is 4.11. The second-order valence-corrected chi connectivity index (χ2v) is 11.5. The van der Waals surface area contributed by atoms with Crippen molar-refractivity contribution in [3.05, 3.63) is 17.8 Å².